The van der Waals surface area contributed by atoms with E-state index >= 15 is 0 Å². The summed E-state index contributed by atoms with van der Waals surface area (Å²) >= 11 is 0. The molecule has 1 heterocycles. The van der Waals surface area contributed by atoms with Gasteiger partial charge in [-0.1, -0.05) is 0 Å². The van der Waals surface area contributed by atoms with Crippen LogP contribution in [0.2, 0.25) is 0 Å². The van der Waals surface area contributed by atoms with Crippen LogP contribution in [0.15, 0.2) is 6.07 Å². The molecule has 2 nitrogen and oxygen atoms in total. The molecule has 0 bridgehead atoms. The number of aromatic nitrogens is 1. The van der Waals surface area contributed by atoms with Gasteiger partial charge in [-0.3, -0.25) is 0 Å². The summed E-state index contributed by atoms with van der Waals surface area (Å²) in [6, 6.07) is 0.671. The first-order chi connectivity index (χ1) is 7.27. The molecular weight excluding hydrogens is 233 g/mol. The minimum absolute atomic E-state index is 0.0277. The van der Waals surface area contributed by atoms with Gasteiger partial charge in [-0.15, -0.1) is 0 Å². The zero-order valence-electron chi connectivity index (χ0n) is 8.40. The summed E-state index contributed by atoms with van der Waals surface area (Å²) in [4.78, 5) is 2.88. The molecule has 90 valence electrons. The number of alkyl halides is 5. The maximum Gasteiger partial charge on any atom is 0.433 e. The Morgan fingerprint density at radius 1 is 1.31 bits per heavy atom. The van der Waals surface area contributed by atoms with Crippen LogP contribution in [0, 0.1) is 6.92 Å². The average Bonchev–Trinajstić information content (AvgIpc) is 2.14. The lowest BCUT2D eigenvalue weighted by Gasteiger charge is -2.13. The van der Waals surface area contributed by atoms with E-state index in [9.17, 15) is 22.0 Å². The third-order valence-electron chi connectivity index (χ3n) is 1.89. The molecule has 0 aliphatic rings. The Kier molecular flexibility index (Phi) is 3.35. The molecule has 0 aliphatic heterocycles. The average molecular weight is 241 g/mol. The van der Waals surface area contributed by atoms with Gasteiger partial charge in [-0.05, 0) is 18.6 Å². The van der Waals surface area contributed by atoms with Gasteiger partial charge in [0.2, 0.25) is 0 Å². The highest BCUT2D eigenvalue weighted by molar-refractivity contribution is 5.39. The molecule has 0 atom stereocenters. The summed E-state index contributed by atoms with van der Waals surface area (Å²) in [5.41, 5.74) is -2.36. The highest BCUT2D eigenvalue weighted by Gasteiger charge is 2.35. The molecule has 16 heavy (non-hydrogen) atoms. The summed E-state index contributed by atoms with van der Waals surface area (Å²) in [5, 5.41) is 0. The van der Waals surface area contributed by atoms with Crippen molar-refractivity contribution in [3.8, 4) is 5.75 Å². The van der Waals surface area contributed by atoms with Gasteiger partial charge in [-0.25, -0.2) is 13.8 Å². The van der Waals surface area contributed by atoms with E-state index in [0.29, 0.717) is 6.07 Å². The van der Waals surface area contributed by atoms with Gasteiger partial charge in [0.05, 0.1) is 7.11 Å². The highest BCUT2D eigenvalue weighted by Crippen LogP contribution is 2.35. The van der Waals surface area contributed by atoms with Crippen LogP contribution in [-0.2, 0) is 6.18 Å². The molecule has 1 aromatic heterocycles. The van der Waals surface area contributed by atoms with E-state index in [0.717, 1.165) is 7.11 Å². The van der Waals surface area contributed by atoms with Gasteiger partial charge in [-0.2, -0.15) is 13.2 Å². The van der Waals surface area contributed by atoms with Gasteiger partial charge in [0.15, 0.2) is 0 Å². The topological polar surface area (TPSA) is 22.1 Å². The molecule has 0 unspecified atom stereocenters. The summed E-state index contributed by atoms with van der Waals surface area (Å²) < 4.78 is 66.4. The first kappa shape index (κ1) is 12.7. The van der Waals surface area contributed by atoms with Crippen LogP contribution in [0.5, 0.6) is 5.75 Å². The zero-order chi connectivity index (χ0) is 12.5. The molecule has 0 amide bonds. The highest BCUT2D eigenvalue weighted by atomic mass is 19.4. The largest absolute Gasteiger partial charge is 0.494 e. The minimum atomic E-state index is -4.75. The van der Waals surface area contributed by atoms with E-state index < -0.39 is 24.0 Å². The Morgan fingerprint density at radius 2 is 1.88 bits per heavy atom. The fourth-order valence-electron chi connectivity index (χ4n) is 1.24. The standard InChI is InChI=1S/C9H8F5NO/c1-4-3-5(9(12,13)14)15-6(8(10)11)7(4)16-2/h3,8H,1-2H3. The van der Waals surface area contributed by atoms with Crippen molar-refractivity contribution in [3.05, 3.63) is 23.0 Å². The van der Waals surface area contributed by atoms with Gasteiger partial charge in [0.1, 0.15) is 17.1 Å². The number of rotatable bonds is 2. The maximum absolute atomic E-state index is 12.5. The molecule has 0 aromatic carbocycles. The second-order valence-electron chi connectivity index (χ2n) is 3.04. The number of aryl methyl sites for hydroxylation is 1. The third-order valence-corrected chi connectivity index (χ3v) is 1.89. The second-order valence-corrected chi connectivity index (χ2v) is 3.04. The van der Waals surface area contributed by atoms with Crippen molar-refractivity contribution < 1.29 is 26.7 Å². The predicted molar refractivity (Wildman–Crippen MR) is 45.5 cm³/mol. The third kappa shape index (κ3) is 2.40. The lowest BCUT2D eigenvalue weighted by Crippen LogP contribution is -2.11. The van der Waals surface area contributed by atoms with Crippen molar-refractivity contribution in [3.63, 3.8) is 0 Å². The molecule has 0 aliphatic carbocycles. The fraction of sp³-hybridized carbons (Fsp3) is 0.444. The van der Waals surface area contributed by atoms with Crippen LogP contribution in [0.4, 0.5) is 22.0 Å². The molecule has 0 N–H and O–H groups in total. The van der Waals surface area contributed by atoms with Crippen molar-refractivity contribution >= 4 is 0 Å². The molecule has 0 fully saturated rings. The smallest absolute Gasteiger partial charge is 0.433 e. The second kappa shape index (κ2) is 4.23. The van der Waals surface area contributed by atoms with E-state index in [2.05, 4.69) is 9.72 Å². The van der Waals surface area contributed by atoms with Crippen molar-refractivity contribution in [2.75, 3.05) is 7.11 Å². The normalized spacial score (nSPS) is 12.0. The fourth-order valence-corrected chi connectivity index (χ4v) is 1.24. The van der Waals surface area contributed by atoms with Gasteiger partial charge in [0, 0.05) is 0 Å². The van der Waals surface area contributed by atoms with E-state index in [1.165, 1.54) is 6.92 Å². The Hall–Kier alpha value is -1.40. The van der Waals surface area contributed by atoms with Crippen LogP contribution in [0.25, 0.3) is 0 Å². The van der Waals surface area contributed by atoms with Crippen LogP contribution >= 0.6 is 0 Å². The molecular formula is C9H8F5NO. The van der Waals surface area contributed by atoms with Crippen LogP contribution < -0.4 is 4.74 Å². The number of nitrogens with zero attached hydrogens (tertiary/aromatic N) is 1. The van der Waals surface area contributed by atoms with Crippen molar-refractivity contribution in [2.45, 2.75) is 19.5 Å². The monoisotopic (exact) mass is 241 g/mol. The molecule has 1 rings (SSSR count). The van der Waals surface area contributed by atoms with E-state index in [1.807, 2.05) is 0 Å². The molecule has 1 aromatic rings. The van der Waals surface area contributed by atoms with E-state index in [4.69, 9.17) is 0 Å². The quantitative estimate of drug-likeness (QED) is 0.740. The van der Waals surface area contributed by atoms with Crippen molar-refractivity contribution in [1.29, 1.82) is 0 Å². The number of halogens is 5. The molecule has 7 heteroatoms. The molecule has 0 spiro atoms. The Morgan fingerprint density at radius 3 is 2.25 bits per heavy atom. The predicted octanol–water partition coefficient (Wildman–Crippen LogP) is 3.36. The zero-order valence-corrected chi connectivity index (χ0v) is 8.40. The lowest BCUT2D eigenvalue weighted by molar-refractivity contribution is -0.141. The summed E-state index contributed by atoms with van der Waals surface area (Å²) in [7, 11) is 1.10. The maximum atomic E-state index is 12.5. The number of hydrogen-bond acceptors (Lipinski definition) is 2. The first-order valence-corrected chi connectivity index (χ1v) is 4.18. The SMILES string of the molecule is COc1c(C)cc(C(F)(F)F)nc1C(F)F. The Labute approximate surface area is 88.1 Å². The van der Waals surface area contributed by atoms with E-state index in [1.54, 1.807) is 0 Å². The summed E-state index contributed by atoms with van der Waals surface area (Å²) in [6.45, 7) is 1.25. The van der Waals surface area contributed by atoms with Crippen LogP contribution in [0.3, 0.4) is 0 Å². The minimum Gasteiger partial charge on any atom is -0.494 e. The first-order valence-electron chi connectivity index (χ1n) is 4.18. The number of ether oxygens (including phenoxy) is 1. The van der Waals surface area contributed by atoms with Crippen LogP contribution in [0.1, 0.15) is 23.4 Å². The van der Waals surface area contributed by atoms with Gasteiger partial charge < -0.3 is 4.74 Å². The van der Waals surface area contributed by atoms with Crippen LogP contribution in [-0.4, -0.2) is 12.1 Å². The van der Waals surface area contributed by atoms with Gasteiger partial charge in [0.25, 0.3) is 6.43 Å². The molecule has 0 saturated carbocycles. The Bertz CT molecular complexity index is 388. The van der Waals surface area contributed by atoms with Gasteiger partial charge >= 0.3 is 6.18 Å². The van der Waals surface area contributed by atoms with Crippen molar-refractivity contribution in [2.24, 2.45) is 0 Å². The van der Waals surface area contributed by atoms with E-state index in [-0.39, 0.29) is 11.3 Å². The van der Waals surface area contributed by atoms with Crippen molar-refractivity contribution in [1.82, 2.24) is 4.98 Å². The summed E-state index contributed by atoms with van der Waals surface area (Å²) in [5.74, 6) is -0.317. The number of pyridine rings is 1. The number of methoxy groups -OCH3 is 1. The molecule has 0 radical (unpaired) electrons. The Balaban J connectivity index is 3.40. The number of hydrogen-bond donors (Lipinski definition) is 0. The summed E-state index contributed by atoms with van der Waals surface area (Å²) in [6.07, 6.45) is -7.86. The molecule has 0 saturated heterocycles. The lowest BCUT2D eigenvalue weighted by atomic mass is 10.2.